The van der Waals surface area contributed by atoms with Crippen LogP contribution in [0.4, 0.5) is 0 Å². The number of hydrogen-bond donors (Lipinski definition) is 2. The molecule has 2 N–H and O–H groups in total. The lowest BCUT2D eigenvalue weighted by Gasteiger charge is -2.14. The molecule has 0 saturated heterocycles. The Morgan fingerprint density at radius 1 is 1.14 bits per heavy atom. The highest BCUT2D eigenvalue weighted by atomic mass is 127. The van der Waals surface area contributed by atoms with Crippen LogP contribution in [-0.2, 0) is 30.7 Å². The third-order valence-electron chi connectivity index (χ3n) is 4.85. The van der Waals surface area contributed by atoms with Crippen LogP contribution in [0.25, 0.3) is 0 Å². The highest BCUT2D eigenvalue weighted by Crippen LogP contribution is 2.25. The van der Waals surface area contributed by atoms with Gasteiger partial charge in [-0.25, -0.2) is 0 Å². The topological polar surface area (TPSA) is 54.9 Å². The summed E-state index contributed by atoms with van der Waals surface area (Å²) in [4.78, 5) is 4.34. The molecule has 0 aliphatic carbocycles. The molecule has 5 nitrogen and oxygen atoms in total. The van der Waals surface area contributed by atoms with Crippen molar-refractivity contribution in [2.45, 2.75) is 39.3 Å². The molecule has 0 radical (unpaired) electrons. The first kappa shape index (κ1) is 23.5. The fraction of sp³-hybridized carbons (Fsp3) is 0.435. The second kappa shape index (κ2) is 12.7. The van der Waals surface area contributed by atoms with E-state index in [1.165, 1.54) is 22.3 Å². The summed E-state index contributed by atoms with van der Waals surface area (Å²) in [5, 5.41) is 6.81. The summed E-state index contributed by atoms with van der Waals surface area (Å²) in [6, 6.07) is 14.9. The molecule has 0 aromatic heterocycles. The summed E-state index contributed by atoms with van der Waals surface area (Å²) in [7, 11) is 1.80. The van der Waals surface area contributed by atoms with E-state index in [0.29, 0.717) is 6.61 Å². The van der Waals surface area contributed by atoms with E-state index >= 15 is 0 Å². The predicted octanol–water partition coefficient (Wildman–Crippen LogP) is 4.07. The normalized spacial score (nSPS) is 12.7. The number of rotatable bonds is 9. The van der Waals surface area contributed by atoms with Crippen LogP contribution in [-0.4, -0.2) is 32.8 Å². The number of nitrogens with one attached hydrogen (secondary N) is 2. The van der Waals surface area contributed by atoms with Gasteiger partial charge in [0.2, 0.25) is 0 Å². The molecule has 1 heterocycles. The van der Waals surface area contributed by atoms with Gasteiger partial charge in [-0.3, -0.25) is 4.99 Å². The summed E-state index contributed by atoms with van der Waals surface area (Å²) in [6.07, 6.45) is 3.00. The van der Waals surface area contributed by atoms with Crippen molar-refractivity contribution in [3.8, 4) is 5.75 Å². The van der Waals surface area contributed by atoms with Gasteiger partial charge in [0, 0.05) is 33.2 Å². The van der Waals surface area contributed by atoms with Crippen LogP contribution in [0, 0.1) is 0 Å². The van der Waals surface area contributed by atoms with Gasteiger partial charge in [0.15, 0.2) is 5.96 Å². The van der Waals surface area contributed by atoms with Crippen LogP contribution in [0.15, 0.2) is 47.5 Å². The molecule has 0 bridgehead atoms. The van der Waals surface area contributed by atoms with E-state index in [1.54, 1.807) is 7.05 Å². The Bertz CT molecular complexity index is 795. The molecule has 0 amide bonds. The van der Waals surface area contributed by atoms with Gasteiger partial charge in [-0.1, -0.05) is 43.3 Å². The van der Waals surface area contributed by atoms with E-state index in [4.69, 9.17) is 9.47 Å². The first-order chi connectivity index (χ1) is 13.8. The lowest BCUT2D eigenvalue weighted by atomic mass is 10.1. The molecule has 1 aliphatic rings. The van der Waals surface area contributed by atoms with Gasteiger partial charge in [0.05, 0.1) is 13.2 Å². The van der Waals surface area contributed by atoms with Crippen molar-refractivity contribution in [1.82, 2.24) is 10.6 Å². The lowest BCUT2D eigenvalue weighted by molar-refractivity contribution is 0.121. The molecule has 29 heavy (non-hydrogen) atoms. The van der Waals surface area contributed by atoms with Crippen LogP contribution >= 0.6 is 24.0 Å². The average Bonchev–Trinajstić information content (AvgIpc) is 3.19. The highest BCUT2D eigenvalue weighted by molar-refractivity contribution is 14.0. The molecule has 1 aliphatic heterocycles. The molecule has 0 fully saturated rings. The summed E-state index contributed by atoms with van der Waals surface area (Å²) in [5.74, 6) is 1.85. The van der Waals surface area contributed by atoms with Crippen LogP contribution in [0.2, 0.25) is 0 Å². The Morgan fingerprint density at radius 2 is 1.97 bits per heavy atom. The average molecular weight is 509 g/mol. The Balaban J connectivity index is 0.00000300. The number of ether oxygens (including phenoxy) is 2. The molecule has 3 rings (SSSR count). The molecule has 0 saturated carbocycles. The molecular formula is C23H32IN3O2. The van der Waals surface area contributed by atoms with Gasteiger partial charge in [0.25, 0.3) is 0 Å². The number of nitrogens with zero attached hydrogens (tertiary/aromatic N) is 1. The van der Waals surface area contributed by atoms with Crippen molar-refractivity contribution in [3.63, 3.8) is 0 Å². The summed E-state index contributed by atoms with van der Waals surface area (Å²) in [6.45, 7) is 5.93. The first-order valence-corrected chi connectivity index (χ1v) is 10.1. The molecule has 6 heteroatoms. The Hall–Kier alpha value is -1.80. The molecule has 0 unspecified atom stereocenters. The summed E-state index contributed by atoms with van der Waals surface area (Å²) in [5.41, 5.74) is 5.10. The zero-order valence-corrected chi connectivity index (χ0v) is 19.7. The predicted molar refractivity (Wildman–Crippen MR) is 129 cm³/mol. The minimum atomic E-state index is 0. The van der Waals surface area contributed by atoms with Gasteiger partial charge >= 0.3 is 0 Å². The number of hydrogen-bond acceptors (Lipinski definition) is 3. The molecule has 2 aromatic rings. The zero-order chi connectivity index (χ0) is 19.6. The van der Waals surface area contributed by atoms with Crippen LogP contribution in [0.3, 0.4) is 0 Å². The Kier molecular flexibility index (Phi) is 10.3. The second-order valence-corrected chi connectivity index (χ2v) is 6.96. The van der Waals surface area contributed by atoms with Crippen molar-refractivity contribution < 1.29 is 9.47 Å². The Labute approximate surface area is 191 Å². The number of benzene rings is 2. The number of guanidine groups is 1. The van der Waals surface area contributed by atoms with Crippen molar-refractivity contribution in [2.75, 3.05) is 26.8 Å². The standard InChI is InChI=1S/C23H31N3O2.HI/c1-3-13-27-17-21-7-5-4-6-20(21)16-26-23(24-2)25-12-10-18-8-9-22-19(15-18)11-14-28-22;/h4-9,15H,3,10-14,16-17H2,1-2H3,(H2,24,25,26);1H. The van der Waals surface area contributed by atoms with Crippen LogP contribution in [0.1, 0.15) is 35.6 Å². The van der Waals surface area contributed by atoms with Gasteiger partial charge < -0.3 is 20.1 Å². The monoisotopic (exact) mass is 509 g/mol. The summed E-state index contributed by atoms with van der Waals surface area (Å²) < 4.78 is 11.3. The number of halogens is 1. The quantitative estimate of drug-likeness (QED) is 0.232. The maximum absolute atomic E-state index is 5.71. The molecule has 2 aromatic carbocycles. The van der Waals surface area contributed by atoms with Gasteiger partial charge in [0.1, 0.15) is 5.75 Å². The van der Waals surface area contributed by atoms with E-state index in [-0.39, 0.29) is 24.0 Å². The fourth-order valence-electron chi connectivity index (χ4n) is 3.32. The Morgan fingerprint density at radius 3 is 2.76 bits per heavy atom. The summed E-state index contributed by atoms with van der Waals surface area (Å²) >= 11 is 0. The second-order valence-electron chi connectivity index (χ2n) is 6.96. The maximum atomic E-state index is 5.71. The van der Waals surface area contributed by atoms with E-state index in [2.05, 4.69) is 65.0 Å². The minimum absolute atomic E-state index is 0. The van der Waals surface area contributed by atoms with Gasteiger partial charge in [-0.15, -0.1) is 24.0 Å². The van der Waals surface area contributed by atoms with Crippen molar-refractivity contribution in [2.24, 2.45) is 4.99 Å². The molecule has 158 valence electrons. The fourth-order valence-corrected chi connectivity index (χ4v) is 3.32. The third-order valence-corrected chi connectivity index (χ3v) is 4.85. The SMILES string of the molecule is CCCOCc1ccccc1CNC(=NC)NCCc1ccc2c(c1)CCO2.I. The molecular weight excluding hydrogens is 477 g/mol. The van der Waals surface area contributed by atoms with E-state index in [1.807, 2.05) is 0 Å². The third kappa shape index (κ3) is 7.19. The van der Waals surface area contributed by atoms with Crippen molar-refractivity contribution in [1.29, 1.82) is 0 Å². The minimum Gasteiger partial charge on any atom is -0.493 e. The van der Waals surface area contributed by atoms with Gasteiger partial charge in [-0.05, 0) is 41.2 Å². The largest absolute Gasteiger partial charge is 0.493 e. The van der Waals surface area contributed by atoms with E-state index < -0.39 is 0 Å². The lowest BCUT2D eigenvalue weighted by Crippen LogP contribution is -2.38. The van der Waals surface area contributed by atoms with Gasteiger partial charge in [-0.2, -0.15) is 0 Å². The van der Waals surface area contributed by atoms with E-state index in [9.17, 15) is 0 Å². The zero-order valence-electron chi connectivity index (χ0n) is 17.4. The van der Waals surface area contributed by atoms with E-state index in [0.717, 1.165) is 57.3 Å². The highest BCUT2D eigenvalue weighted by Gasteiger charge is 2.11. The maximum Gasteiger partial charge on any atom is 0.191 e. The number of aliphatic imine (C=N–C) groups is 1. The first-order valence-electron chi connectivity index (χ1n) is 10.1. The smallest absolute Gasteiger partial charge is 0.191 e. The van der Waals surface area contributed by atoms with Crippen LogP contribution in [0.5, 0.6) is 5.75 Å². The van der Waals surface area contributed by atoms with Crippen molar-refractivity contribution >= 4 is 29.9 Å². The van der Waals surface area contributed by atoms with Crippen molar-refractivity contribution in [3.05, 3.63) is 64.7 Å². The molecule has 0 spiro atoms. The number of fused-ring (bicyclic) bond motifs is 1. The molecule has 0 atom stereocenters. The van der Waals surface area contributed by atoms with Crippen LogP contribution < -0.4 is 15.4 Å².